The van der Waals surface area contributed by atoms with Crippen molar-refractivity contribution >= 4 is 92.9 Å². The number of nitrogen functional groups attached to an aromatic ring is 1. The number of hydrogen-bond acceptors (Lipinski definition) is 18. The highest BCUT2D eigenvalue weighted by atomic mass is 32.3. The van der Waals surface area contributed by atoms with Gasteiger partial charge in [-0.1, -0.05) is 18.3 Å². The molecule has 0 spiro atoms. The number of anilines is 1. The van der Waals surface area contributed by atoms with Crippen molar-refractivity contribution < 1.29 is 34.3 Å². The Kier molecular flexibility index (Phi) is 12.4. The number of nitroso groups, excluding NO2 is 3. The minimum absolute atomic E-state index is 0.0602. The molecule has 1 unspecified atom stereocenters. The molecule has 0 amide bonds. The summed E-state index contributed by atoms with van der Waals surface area (Å²) < 4.78 is 93.6. The molecule has 24 heteroatoms. The minimum Gasteiger partial charge on any atom is -0.396 e. The molecule has 0 aliphatic rings. The Labute approximate surface area is 297 Å². The van der Waals surface area contributed by atoms with E-state index in [1.54, 1.807) is 29.7 Å². The van der Waals surface area contributed by atoms with Crippen LogP contribution in [-0.2, 0) is 35.2 Å². The second-order valence-electron chi connectivity index (χ2n) is 9.77. The first-order valence-corrected chi connectivity index (χ1v) is 20.1. The lowest BCUT2D eigenvalue weighted by Gasteiger charge is -2.15. The van der Waals surface area contributed by atoms with Crippen molar-refractivity contribution in [2.75, 3.05) is 18.1 Å². The molecule has 4 aromatic carbocycles. The van der Waals surface area contributed by atoms with Gasteiger partial charge in [-0.3, -0.25) is 17.5 Å². The maximum atomic E-state index is 12.6. The number of hydrogen-bond donors (Lipinski definition) is 3. The van der Waals surface area contributed by atoms with Gasteiger partial charge in [0.1, 0.15) is 21.2 Å². The van der Waals surface area contributed by atoms with Gasteiger partial charge in [-0.25, -0.2) is 0 Å². The quantitative estimate of drug-likeness (QED) is 0.0317. The Balaban J connectivity index is 1.73. The molecule has 0 heterocycles. The van der Waals surface area contributed by atoms with Gasteiger partial charge in [-0.2, -0.15) is 27.1 Å². The van der Waals surface area contributed by atoms with E-state index in [9.17, 15) is 44.9 Å². The van der Waals surface area contributed by atoms with Gasteiger partial charge in [0.15, 0.2) is 0 Å². The van der Waals surface area contributed by atoms with Crippen molar-refractivity contribution in [2.45, 2.75) is 26.5 Å². The number of thioether (sulfide) groups is 1. The third kappa shape index (κ3) is 9.16. The summed E-state index contributed by atoms with van der Waals surface area (Å²) in [7, 11) is -15.7. The SMILES string of the molecule is C=CSc1ccc(N=Nc2c(S(=O)(=O)O)cc3cc(S(=O)(=O)O)c(N=Nc4ccc(S(=O)CCOS(N=O)(N=O)N=O)cc4)c(N)c3c2C)cc1. The van der Waals surface area contributed by atoms with E-state index in [2.05, 4.69) is 40.8 Å². The van der Waals surface area contributed by atoms with Crippen LogP contribution in [0.3, 0.4) is 0 Å². The lowest BCUT2D eigenvalue weighted by Crippen LogP contribution is -2.07. The van der Waals surface area contributed by atoms with Gasteiger partial charge < -0.3 is 5.73 Å². The van der Waals surface area contributed by atoms with E-state index in [1.807, 2.05) is 0 Å². The number of nitrogens with two attached hydrogens (primary N) is 1. The molecule has 0 aliphatic heterocycles. The van der Waals surface area contributed by atoms with Gasteiger partial charge in [0.25, 0.3) is 31.1 Å². The van der Waals surface area contributed by atoms with Crippen molar-refractivity contribution in [2.24, 2.45) is 34.2 Å². The van der Waals surface area contributed by atoms with Gasteiger partial charge in [0.2, 0.25) is 0 Å². The molecule has 0 saturated carbocycles. The summed E-state index contributed by atoms with van der Waals surface area (Å²) in [5, 5.41) is 17.7. The van der Waals surface area contributed by atoms with Gasteiger partial charge in [0, 0.05) is 15.2 Å². The van der Waals surface area contributed by atoms with Crippen molar-refractivity contribution in [1.29, 1.82) is 0 Å². The highest BCUT2D eigenvalue weighted by Gasteiger charge is 2.30. The van der Waals surface area contributed by atoms with Crippen LogP contribution in [0, 0.1) is 21.6 Å². The summed E-state index contributed by atoms with van der Waals surface area (Å²) in [6, 6.07) is 13.9. The van der Waals surface area contributed by atoms with Crippen LogP contribution >= 0.6 is 22.6 Å². The number of fused-ring (bicyclic) bond motifs is 1. The molecule has 51 heavy (non-hydrogen) atoms. The lowest BCUT2D eigenvalue weighted by atomic mass is 10.0. The fourth-order valence-electron chi connectivity index (χ4n) is 4.37. The predicted molar refractivity (Wildman–Crippen MR) is 192 cm³/mol. The van der Waals surface area contributed by atoms with Crippen molar-refractivity contribution in [3.63, 3.8) is 0 Å². The van der Waals surface area contributed by atoms with E-state index in [-0.39, 0.29) is 44.0 Å². The molecule has 19 nitrogen and oxygen atoms in total. The van der Waals surface area contributed by atoms with Crippen LogP contribution in [0.25, 0.3) is 10.8 Å². The molecule has 0 aromatic heterocycles. The van der Waals surface area contributed by atoms with Crippen LogP contribution in [0.5, 0.6) is 0 Å². The van der Waals surface area contributed by atoms with E-state index in [4.69, 9.17) is 9.92 Å². The summed E-state index contributed by atoms with van der Waals surface area (Å²) in [5.41, 5.74) is 5.70. The first-order chi connectivity index (χ1) is 24.1. The topological polar surface area (TPSA) is 299 Å². The molecule has 4 N–H and O–H groups in total. The van der Waals surface area contributed by atoms with Crippen LogP contribution < -0.4 is 5.73 Å². The average Bonchev–Trinajstić information content (AvgIpc) is 3.09. The van der Waals surface area contributed by atoms with E-state index in [1.165, 1.54) is 43.0 Å². The van der Waals surface area contributed by atoms with Gasteiger partial charge in [-0.15, -0.1) is 24.9 Å². The van der Waals surface area contributed by atoms with E-state index < -0.39 is 64.0 Å². The largest absolute Gasteiger partial charge is 0.396 e. The molecular formula is C27H24N8O11S5. The van der Waals surface area contributed by atoms with E-state index in [0.717, 1.165) is 17.0 Å². The zero-order chi connectivity index (χ0) is 37.6. The number of aryl methyl sites for hydroxylation is 1. The van der Waals surface area contributed by atoms with Crippen LogP contribution in [-0.4, -0.2) is 42.5 Å². The maximum Gasteiger partial charge on any atom is 0.296 e. The first kappa shape index (κ1) is 39.1. The van der Waals surface area contributed by atoms with Crippen LogP contribution in [0.15, 0.2) is 126 Å². The zero-order valence-corrected chi connectivity index (χ0v) is 29.9. The molecule has 0 bridgehead atoms. The fraction of sp³-hybridized carbons (Fsp3) is 0.111. The fourth-order valence-corrected chi connectivity index (χ4v) is 7.77. The van der Waals surface area contributed by atoms with Crippen LogP contribution in [0.1, 0.15) is 5.56 Å². The Morgan fingerprint density at radius 1 is 0.824 bits per heavy atom. The highest BCUT2D eigenvalue weighted by molar-refractivity contribution is 8.26. The summed E-state index contributed by atoms with van der Waals surface area (Å²) in [6.45, 7) is 4.54. The highest BCUT2D eigenvalue weighted by Crippen LogP contribution is 2.53. The van der Waals surface area contributed by atoms with Crippen molar-refractivity contribution in [1.82, 2.24) is 0 Å². The van der Waals surface area contributed by atoms with Gasteiger partial charge in [0.05, 0.1) is 54.0 Å². The van der Waals surface area contributed by atoms with Gasteiger partial charge in [-0.05, 0) is 83.9 Å². The lowest BCUT2D eigenvalue weighted by molar-refractivity contribution is 0.384. The Morgan fingerprint density at radius 2 is 1.31 bits per heavy atom. The number of azo groups is 2. The third-order valence-corrected chi connectivity index (χ3v) is 11.5. The van der Waals surface area contributed by atoms with Crippen molar-refractivity contribution in [3.05, 3.63) is 92.9 Å². The molecule has 0 fully saturated rings. The summed E-state index contributed by atoms with van der Waals surface area (Å²) in [5.74, 6) is -0.275. The third-order valence-electron chi connectivity index (χ3n) is 6.63. The van der Waals surface area contributed by atoms with Gasteiger partial charge >= 0.3 is 0 Å². The standard InChI is InChI=1S/C27H24N8O11S5/c1-3-47-20-8-4-18(5-9-20)29-31-26-16(2)24-17(14-22(26)49(40,41)42)15-23(50(43,44)45)27(25(24)28)32-30-19-6-10-21(11-7-19)48(39)13-12-46-51(33-36,34-37)35-38/h3-11,14-15H,1,12-13,28H2,2H3,(H,40,41,42)(H,43,44,45). The number of rotatable bonds is 16. The predicted octanol–water partition coefficient (Wildman–Crippen LogP) is 8.18. The molecule has 0 radical (unpaired) electrons. The summed E-state index contributed by atoms with van der Waals surface area (Å²) >= 11 is 1.36. The molecule has 0 saturated heterocycles. The Hall–Kier alpha value is -4.69. The minimum atomic E-state index is -5.05. The van der Waals surface area contributed by atoms with Crippen LogP contribution in [0.2, 0.25) is 0 Å². The normalized spacial score (nSPS) is 13.4. The van der Waals surface area contributed by atoms with E-state index >= 15 is 0 Å². The first-order valence-electron chi connectivity index (χ1n) is 13.6. The average molecular weight is 797 g/mol. The molecule has 0 aliphatic carbocycles. The molecule has 4 aromatic rings. The molecule has 268 valence electrons. The maximum absolute atomic E-state index is 12.6. The van der Waals surface area contributed by atoms with E-state index in [0.29, 0.717) is 5.69 Å². The second kappa shape index (κ2) is 16.1. The summed E-state index contributed by atoms with van der Waals surface area (Å²) in [4.78, 5) is 31.5. The van der Waals surface area contributed by atoms with Crippen LogP contribution in [0.4, 0.5) is 28.4 Å². The smallest absolute Gasteiger partial charge is 0.296 e. The van der Waals surface area contributed by atoms with Crippen molar-refractivity contribution in [3.8, 4) is 0 Å². The molecule has 1 atom stereocenters. The monoisotopic (exact) mass is 796 g/mol. The Bertz CT molecular complexity index is 2320. The molecule has 4 rings (SSSR count). The Morgan fingerprint density at radius 3 is 1.80 bits per heavy atom. The number of benzene rings is 4. The second-order valence-corrected chi connectivity index (χ2v) is 16.8. The summed E-state index contributed by atoms with van der Waals surface area (Å²) in [6.07, 6.45) is 0. The number of nitrogens with zero attached hydrogens (tertiary/aromatic N) is 7. The zero-order valence-electron chi connectivity index (χ0n) is 25.8. The molecular weight excluding hydrogens is 773 g/mol.